The van der Waals surface area contributed by atoms with Crippen LogP contribution in [0.25, 0.3) is 0 Å². The minimum Gasteiger partial charge on any atom is -0.360 e. The minimum atomic E-state index is 0.122. The van der Waals surface area contributed by atoms with Gasteiger partial charge in [0.05, 0.1) is 0 Å². The number of piperidine rings is 1. The molecule has 0 aromatic heterocycles. The molecule has 1 aliphatic heterocycles. The lowest BCUT2D eigenvalue weighted by atomic mass is 9.80. The molecule has 0 aliphatic carbocycles. The van der Waals surface area contributed by atoms with Crippen LogP contribution in [0.4, 0.5) is 5.69 Å². The summed E-state index contributed by atoms with van der Waals surface area (Å²) in [6.07, 6.45) is 3.16. The summed E-state index contributed by atoms with van der Waals surface area (Å²) in [5, 5.41) is 11.2. The van der Waals surface area contributed by atoms with E-state index in [1.165, 1.54) is 5.56 Å². The Labute approximate surface area is 140 Å². The SMILES string of the molecule is CCc1cccc(NC(=S)NC2CC(C)(C)NC(C)(C)C2)c1. The van der Waals surface area contributed by atoms with Crippen LogP contribution < -0.4 is 16.0 Å². The molecule has 0 amide bonds. The Morgan fingerprint density at radius 3 is 2.45 bits per heavy atom. The van der Waals surface area contributed by atoms with E-state index < -0.39 is 0 Å². The average molecular weight is 320 g/mol. The van der Waals surface area contributed by atoms with Crippen molar-refractivity contribution < 1.29 is 0 Å². The fourth-order valence-corrected chi connectivity index (χ4v) is 3.93. The number of thiocarbonyl (C=S) groups is 1. The summed E-state index contributed by atoms with van der Waals surface area (Å²) < 4.78 is 0. The van der Waals surface area contributed by atoms with Crippen molar-refractivity contribution in [2.45, 2.75) is 71.0 Å². The van der Waals surface area contributed by atoms with Crippen molar-refractivity contribution in [3.63, 3.8) is 0 Å². The summed E-state index contributed by atoms with van der Waals surface area (Å²) in [5.74, 6) is 0. The normalized spacial score (nSPS) is 20.4. The molecule has 1 saturated heterocycles. The average Bonchev–Trinajstić information content (AvgIpc) is 2.34. The summed E-state index contributed by atoms with van der Waals surface area (Å²) >= 11 is 5.50. The van der Waals surface area contributed by atoms with Crippen molar-refractivity contribution in [1.29, 1.82) is 0 Å². The zero-order chi connectivity index (χ0) is 16.4. The van der Waals surface area contributed by atoms with Gasteiger partial charge in [0.15, 0.2) is 5.11 Å². The van der Waals surface area contributed by atoms with Gasteiger partial charge < -0.3 is 16.0 Å². The summed E-state index contributed by atoms with van der Waals surface area (Å²) in [5.41, 5.74) is 2.62. The first-order valence-electron chi connectivity index (χ1n) is 8.15. The van der Waals surface area contributed by atoms with Crippen LogP contribution in [0.2, 0.25) is 0 Å². The zero-order valence-corrected chi connectivity index (χ0v) is 15.2. The highest BCUT2D eigenvalue weighted by Crippen LogP contribution is 2.28. The van der Waals surface area contributed by atoms with Crippen molar-refractivity contribution in [3.05, 3.63) is 29.8 Å². The van der Waals surface area contributed by atoms with E-state index in [9.17, 15) is 0 Å². The van der Waals surface area contributed by atoms with Crippen molar-refractivity contribution >= 4 is 23.0 Å². The highest BCUT2D eigenvalue weighted by atomic mass is 32.1. The Hall–Kier alpha value is -1.13. The number of hydrogen-bond donors (Lipinski definition) is 3. The third-order valence-corrected chi connectivity index (χ3v) is 4.34. The van der Waals surface area contributed by atoms with Crippen molar-refractivity contribution in [3.8, 4) is 0 Å². The van der Waals surface area contributed by atoms with Gasteiger partial charge in [0.2, 0.25) is 0 Å². The van der Waals surface area contributed by atoms with Crippen LogP contribution in [-0.4, -0.2) is 22.2 Å². The molecule has 0 bridgehead atoms. The summed E-state index contributed by atoms with van der Waals surface area (Å²) in [7, 11) is 0. The van der Waals surface area contributed by atoms with Crippen molar-refractivity contribution in [2.75, 3.05) is 5.32 Å². The smallest absolute Gasteiger partial charge is 0.170 e. The molecule has 122 valence electrons. The predicted molar refractivity (Wildman–Crippen MR) is 99.5 cm³/mol. The van der Waals surface area contributed by atoms with E-state index in [1.807, 2.05) is 0 Å². The monoisotopic (exact) mass is 319 g/mol. The molecule has 1 heterocycles. The first-order chi connectivity index (χ1) is 10.2. The second-order valence-electron chi connectivity index (χ2n) is 7.65. The molecule has 2 rings (SSSR count). The van der Waals surface area contributed by atoms with Gasteiger partial charge in [-0.05, 0) is 76.9 Å². The Morgan fingerprint density at radius 2 is 1.86 bits per heavy atom. The predicted octanol–water partition coefficient (Wildman–Crippen LogP) is 3.84. The van der Waals surface area contributed by atoms with E-state index in [-0.39, 0.29) is 11.1 Å². The maximum absolute atomic E-state index is 5.50. The van der Waals surface area contributed by atoms with E-state index >= 15 is 0 Å². The molecule has 1 aromatic rings. The lowest BCUT2D eigenvalue weighted by Gasteiger charge is -2.46. The minimum absolute atomic E-state index is 0.122. The molecule has 4 heteroatoms. The third-order valence-electron chi connectivity index (χ3n) is 4.12. The number of anilines is 1. The van der Waals surface area contributed by atoms with Gasteiger partial charge in [0, 0.05) is 22.8 Å². The number of hydrogen-bond acceptors (Lipinski definition) is 2. The van der Waals surface area contributed by atoms with Crippen LogP contribution in [-0.2, 0) is 6.42 Å². The maximum Gasteiger partial charge on any atom is 0.170 e. The first-order valence-corrected chi connectivity index (χ1v) is 8.56. The Kier molecular flexibility index (Phi) is 5.13. The summed E-state index contributed by atoms with van der Waals surface area (Å²) in [4.78, 5) is 0. The van der Waals surface area contributed by atoms with Gasteiger partial charge in [-0.2, -0.15) is 0 Å². The molecule has 0 saturated carbocycles. The van der Waals surface area contributed by atoms with Gasteiger partial charge in [-0.1, -0.05) is 19.1 Å². The largest absolute Gasteiger partial charge is 0.360 e. The van der Waals surface area contributed by atoms with Gasteiger partial charge >= 0.3 is 0 Å². The highest BCUT2D eigenvalue weighted by Gasteiger charge is 2.37. The van der Waals surface area contributed by atoms with Gasteiger partial charge in [0.1, 0.15) is 0 Å². The van der Waals surface area contributed by atoms with Crippen LogP contribution in [0, 0.1) is 0 Å². The number of rotatable bonds is 3. The third kappa shape index (κ3) is 4.96. The molecule has 1 aromatic carbocycles. The van der Waals surface area contributed by atoms with Crippen LogP contribution in [0.15, 0.2) is 24.3 Å². The number of aryl methyl sites for hydroxylation is 1. The molecule has 0 atom stereocenters. The van der Waals surface area contributed by atoms with E-state index in [0.29, 0.717) is 11.2 Å². The molecule has 1 aliphatic rings. The standard InChI is InChI=1S/C18H29N3S/c1-6-13-8-7-9-14(10-13)19-16(22)20-15-11-17(2,3)21-18(4,5)12-15/h7-10,15,21H,6,11-12H2,1-5H3,(H2,19,20,22). The van der Waals surface area contributed by atoms with E-state index in [0.717, 1.165) is 24.9 Å². The first kappa shape index (κ1) is 17.2. The fourth-order valence-electron chi connectivity index (χ4n) is 3.65. The topological polar surface area (TPSA) is 36.1 Å². The molecule has 22 heavy (non-hydrogen) atoms. The Balaban J connectivity index is 1.96. The molecule has 1 fully saturated rings. The van der Waals surface area contributed by atoms with Gasteiger partial charge in [0.25, 0.3) is 0 Å². The number of nitrogens with one attached hydrogen (secondary N) is 3. The molecular formula is C18H29N3S. The second-order valence-corrected chi connectivity index (χ2v) is 8.06. The quantitative estimate of drug-likeness (QED) is 0.740. The highest BCUT2D eigenvalue weighted by molar-refractivity contribution is 7.80. The lowest BCUT2D eigenvalue weighted by molar-refractivity contribution is 0.156. The summed E-state index contributed by atoms with van der Waals surface area (Å²) in [6.45, 7) is 11.2. The maximum atomic E-state index is 5.50. The van der Waals surface area contributed by atoms with Gasteiger partial charge in [-0.25, -0.2) is 0 Å². The van der Waals surface area contributed by atoms with E-state index in [2.05, 4.69) is 74.8 Å². The molecule has 3 nitrogen and oxygen atoms in total. The Morgan fingerprint density at radius 1 is 1.23 bits per heavy atom. The zero-order valence-electron chi connectivity index (χ0n) is 14.4. The molecule has 0 unspecified atom stereocenters. The van der Waals surface area contributed by atoms with Gasteiger partial charge in [-0.3, -0.25) is 0 Å². The van der Waals surface area contributed by atoms with Crippen LogP contribution >= 0.6 is 12.2 Å². The van der Waals surface area contributed by atoms with Crippen molar-refractivity contribution in [1.82, 2.24) is 10.6 Å². The van der Waals surface area contributed by atoms with Crippen LogP contribution in [0.1, 0.15) is 53.0 Å². The second kappa shape index (κ2) is 6.55. The molecule has 0 radical (unpaired) electrons. The molecule has 3 N–H and O–H groups in total. The van der Waals surface area contributed by atoms with E-state index in [4.69, 9.17) is 12.2 Å². The lowest BCUT2D eigenvalue weighted by Crippen LogP contribution is -2.62. The van der Waals surface area contributed by atoms with E-state index in [1.54, 1.807) is 0 Å². The summed E-state index contributed by atoms with van der Waals surface area (Å²) in [6, 6.07) is 8.81. The molecule has 0 spiro atoms. The van der Waals surface area contributed by atoms with Crippen LogP contribution in [0.3, 0.4) is 0 Å². The van der Waals surface area contributed by atoms with Gasteiger partial charge in [-0.15, -0.1) is 0 Å². The fraction of sp³-hybridized carbons (Fsp3) is 0.611. The van der Waals surface area contributed by atoms with Crippen molar-refractivity contribution in [2.24, 2.45) is 0 Å². The number of benzene rings is 1. The Bertz CT molecular complexity index is 521. The molecular weight excluding hydrogens is 290 g/mol. The van der Waals surface area contributed by atoms with Crippen LogP contribution in [0.5, 0.6) is 0 Å².